The van der Waals surface area contributed by atoms with Crippen LogP contribution >= 0.6 is 0 Å². The minimum Gasteiger partial charge on any atom is -0.396 e. The third kappa shape index (κ3) is 3.74. The van der Waals surface area contributed by atoms with Crippen LogP contribution in [0.1, 0.15) is 118 Å². The summed E-state index contributed by atoms with van der Waals surface area (Å²) in [5.41, 5.74) is 1.28. The zero-order chi connectivity index (χ0) is 20.6. The first-order valence-electron chi connectivity index (χ1n) is 13.6. The van der Waals surface area contributed by atoms with Crippen LogP contribution in [-0.2, 0) is 0 Å². The van der Waals surface area contributed by atoms with Crippen LogP contribution in [0, 0.1) is 52.3 Å². The molecule has 0 heterocycles. The van der Waals surface area contributed by atoms with E-state index in [-0.39, 0.29) is 0 Å². The van der Waals surface area contributed by atoms with E-state index in [1.807, 2.05) is 0 Å². The van der Waals surface area contributed by atoms with Crippen LogP contribution < -0.4 is 0 Å². The first-order valence-corrected chi connectivity index (χ1v) is 13.6. The van der Waals surface area contributed by atoms with Gasteiger partial charge in [-0.1, -0.05) is 66.2 Å². The van der Waals surface area contributed by atoms with Gasteiger partial charge in [0.2, 0.25) is 0 Å². The van der Waals surface area contributed by atoms with Gasteiger partial charge in [0.1, 0.15) is 0 Å². The second-order valence-electron chi connectivity index (χ2n) is 12.4. The highest BCUT2D eigenvalue weighted by Crippen LogP contribution is 2.69. The fourth-order valence-corrected chi connectivity index (χ4v) is 9.95. The Hall–Kier alpha value is -0.0400. The van der Waals surface area contributed by atoms with Crippen molar-refractivity contribution in [3.8, 4) is 0 Å². The second kappa shape index (κ2) is 8.84. The molecule has 0 amide bonds. The highest BCUT2D eigenvalue weighted by Gasteiger charge is 2.61. The van der Waals surface area contributed by atoms with Gasteiger partial charge in [-0.2, -0.15) is 0 Å². The first kappa shape index (κ1) is 22.2. The van der Waals surface area contributed by atoms with Crippen LogP contribution in [0.3, 0.4) is 0 Å². The highest BCUT2D eigenvalue weighted by molar-refractivity contribution is 5.10. The molecule has 4 saturated carbocycles. The van der Waals surface area contributed by atoms with E-state index in [9.17, 15) is 0 Å². The molecule has 0 aromatic carbocycles. The van der Waals surface area contributed by atoms with Crippen LogP contribution in [0.15, 0.2) is 0 Å². The molecule has 3 unspecified atom stereocenters. The van der Waals surface area contributed by atoms with Crippen LogP contribution in [0.25, 0.3) is 0 Å². The van der Waals surface area contributed by atoms with E-state index >= 15 is 0 Å². The van der Waals surface area contributed by atoms with Gasteiger partial charge in [0.05, 0.1) is 0 Å². The van der Waals surface area contributed by atoms with Crippen LogP contribution in [0.2, 0.25) is 0 Å². The molecule has 9 atom stereocenters. The predicted octanol–water partition coefficient (Wildman–Crippen LogP) is 7.86. The lowest BCUT2D eigenvalue weighted by Gasteiger charge is -2.63. The van der Waals surface area contributed by atoms with Gasteiger partial charge >= 0.3 is 0 Å². The first-order chi connectivity index (χ1) is 14.0. The maximum Gasteiger partial charge on any atom is 0.0431 e. The fourth-order valence-electron chi connectivity index (χ4n) is 9.95. The molecular formula is C28H50O. The molecular weight excluding hydrogens is 352 g/mol. The molecule has 0 aliphatic heterocycles. The number of aliphatic hydroxyl groups is 1. The number of aliphatic hydroxyl groups excluding tert-OH is 1. The number of fused-ring (bicyclic) bond motifs is 5. The number of unbranched alkanes of at least 4 members (excludes halogenated alkanes) is 2. The van der Waals surface area contributed by atoms with Crippen molar-refractivity contribution in [2.24, 2.45) is 52.3 Å². The predicted molar refractivity (Wildman–Crippen MR) is 124 cm³/mol. The molecule has 0 bridgehead atoms. The molecule has 1 nitrogen and oxygen atoms in total. The Morgan fingerprint density at radius 3 is 2.41 bits per heavy atom. The Bertz CT molecular complexity index is 542. The van der Waals surface area contributed by atoms with Gasteiger partial charge in [-0.25, -0.2) is 0 Å². The van der Waals surface area contributed by atoms with Gasteiger partial charge in [-0.05, 0) is 104 Å². The molecule has 0 aromatic rings. The molecule has 4 aliphatic rings. The minimum atomic E-state index is 0.374. The molecule has 0 aromatic heterocycles. The van der Waals surface area contributed by atoms with Gasteiger partial charge in [0.15, 0.2) is 0 Å². The van der Waals surface area contributed by atoms with E-state index in [2.05, 4.69) is 27.7 Å². The third-order valence-electron chi connectivity index (χ3n) is 11.4. The zero-order valence-electron chi connectivity index (χ0n) is 20.1. The van der Waals surface area contributed by atoms with Gasteiger partial charge in [-0.3, -0.25) is 0 Å². The van der Waals surface area contributed by atoms with Crippen molar-refractivity contribution in [2.75, 3.05) is 6.61 Å². The van der Waals surface area contributed by atoms with E-state index in [1.165, 1.54) is 77.0 Å². The van der Waals surface area contributed by atoms with Crippen molar-refractivity contribution >= 4 is 0 Å². The van der Waals surface area contributed by atoms with Gasteiger partial charge < -0.3 is 5.11 Å². The standard InChI is InChI=1S/C28H50O/c1-5-21-19-22-25-14-13-23(20(2)11-7-6-10-18-29)28(25,4)17-15-26(22)27(3)16-9-8-12-24(21)27/h20-26,29H,5-19H2,1-4H3/t20-,21+,22?,23-,24+,25?,26?,27+,28-/m1/s1. The maximum atomic E-state index is 9.09. The summed E-state index contributed by atoms with van der Waals surface area (Å²) in [5.74, 6) is 6.97. The summed E-state index contributed by atoms with van der Waals surface area (Å²) in [5, 5.41) is 9.09. The van der Waals surface area contributed by atoms with Crippen LogP contribution in [-0.4, -0.2) is 11.7 Å². The quantitative estimate of drug-likeness (QED) is 0.430. The Morgan fingerprint density at radius 2 is 1.66 bits per heavy atom. The van der Waals surface area contributed by atoms with E-state index < -0.39 is 0 Å². The summed E-state index contributed by atoms with van der Waals surface area (Å²) in [6.07, 6.45) is 20.1. The summed E-state index contributed by atoms with van der Waals surface area (Å²) < 4.78 is 0. The Labute approximate surface area is 181 Å². The topological polar surface area (TPSA) is 20.2 Å². The van der Waals surface area contributed by atoms with Crippen LogP contribution in [0.5, 0.6) is 0 Å². The monoisotopic (exact) mass is 402 g/mol. The van der Waals surface area contributed by atoms with E-state index in [0.29, 0.717) is 17.4 Å². The third-order valence-corrected chi connectivity index (χ3v) is 11.4. The maximum absolute atomic E-state index is 9.09. The van der Waals surface area contributed by atoms with E-state index in [4.69, 9.17) is 5.11 Å². The number of hydrogen-bond acceptors (Lipinski definition) is 1. The molecule has 0 spiro atoms. The van der Waals surface area contributed by atoms with Crippen molar-refractivity contribution in [3.63, 3.8) is 0 Å². The Kier molecular flexibility index (Phi) is 6.75. The van der Waals surface area contributed by atoms with Crippen molar-refractivity contribution in [3.05, 3.63) is 0 Å². The van der Waals surface area contributed by atoms with Crippen molar-refractivity contribution in [2.45, 2.75) is 118 Å². The molecule has 0 saturated heterocycles. The summed E-state index contributed by atoms with van der Waals surface area (Å²) in [4.78, 5) is 0. The summed E-state index contributed by atoms with van der Waals surface area (Å²) >= 11 is 0. The SMILES string of the molecule is CC[C@H]1CC2C3CC[C@H]([C@H](C)CCCCCO)[C@@]3(C)CCC2[C@@]2(C)CCCC[C@@H]12. The van der Waals surface area contributed by atoms with Gasteiger partial charge in [-0.15, -0.1) is 0 Å². The smallest absolute Gasteiger partial charge is 0.0431 e. The van der Waals surface area contributed by atoms with Crippen molar-refractivity contribution < 1.29 is 5.11 Å². The number of rotatable bonds is 7. The molecule has 168 valence electrons. The lowest BCUT2D eigenvalue weighted by Crippen LogP contribution is -2.55. The summed E-state index contributed by atoms with van der Waals surface area (Å²) in [7, 11) is 0. The molecule has 4 rings (SSSR count). The normalized spacial score (nSPS) is 47.9. The van der Waals surface area contributed by atoms with Gasteiger partial charge in [0, 0.05) is 6.61 Å². The average molecular weight is 403 g/mol. The van der Waals surface area contributed by atoms with Gasteiger partial charge in [0.25, 0.3) is 0 Å². The van der Waals surface area contributed by atoms with Crippen molar-refractivity contribution in [1.82, 2.24) is 0 Å². The summed E-state index contributed by atoms with van der Waals surface area (Å²) in [6, 6.07) is 0. The molecule has 4 aliphatic carbocycles. The molecule has 1 heteroatoms. The molecule has 0 radical (unpaired) electrons. The molecule has 4 fully saturated rings. The average Bonchev–Trinajstić information content (AvgIpc) is 3.07. The second-order valence-corrected chi connectivity index (χ2v) is 12.4. The molecule has 1 N–H and O–H groups in total. The lowest BCUT2D eigenvalue weighted by atomic mass is 9.42. The largest absolute Gasteiger partial charge is 0.396 e. The Balaban J connectivity index is 1.50. The Morgan fingerprint density at radius 1 is 0.862 bits per heavy atom. The van der Waals surface area contributed by atoms with Crippen molar-refractivity contribution in [1.29, 1.82) is 0 Å². The molecule has 29 heavy (non-hydrogen) atoms. The van der Waals surface area contributed by atoms with E-state index in [1.54, 1.807) is 6.42 Å². The highest BCUT2D eigenvalue weighted by atomic mass is 16.2. The fraction of sp³-hybridized carbons (Fsp3) is 1.00. The van der Waals surface area contributed by atoms with E-state index in [0.717, 1.165) is 47.8 Å². The zero-order valence-corrected chi connectivity index (χ0v) is 20.1. The lowest BCUT2D eigenvalue weighted by molar-refractivity contribution is -0.138. The van der Waals surface area contributed by atoms with Crippen LogP contribution in [0.4, 0.5) is 0 Å². The minimum absolute atomic E-state index is 0.374. The number of hydrogen-bond donors (Lipinski definition) is 1. The summed E-state index contributed by atoms with van der Waals surface area (Å²) in [6.45, 7) is 10.9.